The lowest BCUT2D eigenvalue weighted by molar-refractivity contribution is -0.00140. The van der Waals surface area contributed by atoms with Gasteiger partial charge < -0.3 is 5.11 Å². The lowest BCUT2D eigenvalue weighted by Crippen LogP contribution is -2.50. The molecule has 2 aromatic rings. The van der Waals surface area contributed by atoms with Crippen LogP contribution in [0.2, 0.25) is 0 Å². The van der Waals surface area contributed by atoms with Gasteiger partial charge in [0.15, 0.2) is 0 Å². The summed E-state index contributed by atoms with van der Waals surface area (Å²) < 4.78 is 29.6. The second-order valence-electron chi connectivity index (χ2n) is 5.73. The van der Waals surface area contributed by atoms with Crippen molar-refractivity contribution >= 4 is 0 Å². The molecule has 3 unspecified atom stereocenters. The summed E-state index contributed by atoms with van der Waals surface area (Å²) >= 11 is 0. The molecule has 1 aliphatic carbocycles. The lowest BCUT2D eigenvalue weighted by atomic mass is 9.78. The fourth-order valence-corrected chi connectivity index (χ4v) is 2.86. The summed E-state index contributed by atoms with van der Waals surface area (Å²) in [5, 5.41) is 8.98. The highest BCUT2D eigenvalue weighted by atomic mass is 19.1. The third kappa shape index (κ3) is 2.72. The van der Waals surface area contributed by atoms with E-state index in [0.717, 1.165) is 15.3 Å². The second-order valence-corrected chi connectivity index (χ2v) is 5.73. The van der Waals surface area contributed by atoms with Gasteiger partial charge in [-0.25, -0.2) is 9.18 Å². The Labute approximate surface area is 130 Å². The zero-order valence-corrected chi connectivity index (χ0v) is 12.2. The average Bonchev–Trinajstić information content (AvgIpc) is 2.56. The maximum Gasteiger partial charge on any atom is 0.331 e. The number of nitrogens with zero attached hydrogens (tertiary/aromatic N) is 2. The van der Waals surface area contributed by atoms with Crippen molar-refractivity contribution in [3.8, 4) is 0 Å². The highest BCUT2D eigenvalue weighted by Gasteiger charge is 2.43. The van der Waals surface area contributed by atoms with Crippen LogP contribution in [-0.2, 0) is 6.54 Å². The Kier molecular flexibility index (Phi) is 4.12. The van der Waals surface area contributed by atoms with Gasteiger partial charge in [-0.05, 0) is 12.0 Å². The molecule has 0 saturated heterocycles. The van der Waals surface area contributed by atoms with E-state index in [0.29, 0.717) is 5.56 Å². The zero-order chi connectivity index (χ0) is 16.6. The number of rotatable bonds is 4. The number of aliphatic hydroxyl groups is 1. The molecule has 5 nitrogen and oxygen atoms in total. The lowest BCUT2D eigenvalue weighted by Gasteiger charge is -2.39. The quantitative estimate of drug-likeness (QED) is 0.916. The molecule has 1 N–H and O–H groups in total. The first-order valence-corrected chi connectivity index (χ1v) is 7.33. The zero-order valence-electron chi connectivity index (χ0n) is 12.2. The normalized spacial score (nSPS) is 23.5. The van der Waals surface area contributed by atoms with E-state index < -0.39 is 35.2 Å². The van der Waals surface area contributed by atoms with Crippen LogP contribution < -0.4 is 11.2 Å². The Hall–Kier alpha value is -2.28. The molecule has 23 heavy (non-hydrogen) atoms. The number of benzene rings is 1. The second kappa shape index (κ2) is 6.08. The Balaban J connectivity index is 2.01. The molecule has 3 atom stereocenters. The maximum atomic E-state index is 14.0. The van der Waals surface area contributed by atoms with Crippen LogP contribution in [0.1, 0.15) is 18.0 Å². The van der Waals surface area contributed by atoms with E-state index in [-0.39, 0.29) is 19.6 Å². The predicted molar refractivity (Wildman–Crippen MR) is 79.6 cm³/mol. The standard InChI is InChI=1S/C16H16F2N2O3/c17-12-8-19(13-6-11(9-21)14(13)18)16(23)20(15(12)22)7-10-4-2-1-3-5-10/h1-5,8,11,13-14,21H,6-7,9H2. The van der Waals surface area contributed by atoms with E-state index in [1.54, 1.807) is 30.3 Å². The SMILES string of the molecule is O=c1c(F)cn(C2CC(CO)C2F)c(=O)n1Cc1ccccc1. The summed E-state index contributed by atoms with van der Waals surface area (Å²) in [6.07, 6.45) is -0.433. The number of hydrogen-bond donors (Lipinski definition) is 1. The molecular formula is C16H16F2N2O3. The molecule has 1 heterocycles. The molecular weight excluding hydrogens is 306 g/mol. The summed E-state index contributed by atoms with van der Waals surface area (Å²) in [6.45, 7) is -0.401. The van der Waals surface area contributed by atoms with Crippen LogP contribution in [0.5, 0.6) is 0 Å². The number of alkyl halides is 1. The third-order valence-electron chi connectivity index (χ3n) is 4.29. The highest BCUT2D eigenvalue weighted by Crippen LogP contribution is 2.39. The molecule has 0 bridgehead atoms. The topological polar surface area (TPSA) is 64.2 Å². The first-order valence-electron chi connectivity index (χ1n) is 7.33. The van der Waals surface area contributed by atoms with Gasteiger partial charge >= 0.3 is 5.69 Å². The Morgan fingerprint density at radius 2 is 1.91 bits per heavy atom. The molecule has 7 heteroatoms. The fourth-order valence-electron chi connectivity index (χ4n) is 2.86. The number of aromatic nitrogens is 2. The van der Waals surface area contributed by atoms with Crippen LogP contribution in [0, 0.1) is 11.7 Å². The van der Waals surface area contributed by atoms with E-state index in [1.165, 1.54) is 0 Å². The van der Waals surface area contributed by atoms with Crippen molar-refractivity contribution in [3.63, 3.8) is 0 Å². The van der Waals surface area contributed by atoms with E-state index in [4.69, 9.17) is 5.11 Å². The first-order chi connectivity index (χ1) is 11.0. The van der Waals surface area contributed by atoms with Gasteiger partial charge in [0.05, 0.1) is 18.8 Å². The predicted octanol–water partition coefficient (Wildman–Crippen LogP) is 1.09. The van der Waals surface area contributed by atoms with Crippen molar-refractivity contribution < 1.29 is 13.9 Å². The molecule has 1 fully saturated rings. The van der Waals surface area contributed by atoms with Gasteiger partial charge in [0.1, 0.15) is 6.17 Å². The molecule has 0 amide bonds. The minimum Gasteiger partial charge on any atom is -0.396 e. The molecule has 1 saturated carbocycles. The van der Waals surface area contributed by atoms with E-state index in [9.17, 15) is 18.4 Å². The Morgan fingerprint density at radius 3 is 2.52 bits per heavy atom. The van der Waals surface area contributed by atoms with Crippen molar-refractivity contribution in [1.29, 1.82) is 0 Å². The summed E-state index contributed by atoms with van der Waals surface area (Å²) in [7, 11) is 0. The van der Waals surface area contributed by atoms with E-state index in [1.807, 2.05) is 0 Å². The molecule has 0 radical (unpaired) electrons. The van der Waals surface area contributed by atoms with Gasteiger partial charge in [-0.15, -0.1) is 0 Å². The summed E-state index contributed by atoms with van der Waals surface area (Å²) in [5.41, 5.74) is -1.10. The largest absolute Gasteiger partial charge is 0.396 e. The van der Waals surface area contributed by atoms with Crippen molar-refractivity contribution in [3.05, 3.63) is 68.7 Å². The average molecular weight is 322 g/mol. The third-order valence-corrected chi connectivity index (χ3v) is 4.29. The van der Waals surface area contributed by atoms with E-state index in [2.05, 4.69) is 0 Å². The van der Waals surface area contributed by atoms with Crippen LogP contribution in [0.3, 0.4) is 0 Å². The van der Waals surface area contributed by atoms with Gasteiger partial charge in [0.2, 0.25) is 5.82 Å². The highest BCUT2D eigenvalue weighted by molar-refractivity contribution is 5.15. The fraction of sp³-hybridized carbons (Fsp3) is 0.375. The minimum atomic E-state index is -1.43. The monoisotopic (exact) mass is 322 g/mol. The van der Waals surface area contributed by atoms with Crippen LogP contribution in [0.4, 0.5) is 8.78 Å². The molecule has 122 valence electrons. The molecule has 1 aromatic carbocycles. The molecule has 3 rings (SSSR count). The van der Waals surface area contributed by atoms with E-state index >= 15 is 0 Å². The Morgan fingerprint density at radius 1 is 1.22 bits per heavy atom. The minimum absolute atomic E-state index is 0.0800. The van der Waals surface area contributed by atoms with Crippen LogP contribution >= 0.6 is 0 Å². The first kappa shape index (κ1) is 15.6. The summed E-state index contributed by atoms with van der Waals surface area (Å²) in [5.74, 6) is -1.65. The molecule has 1 aromatic heterocycles. The maximum absolute atomic E-state index is 14.0. The van der Waals surface area contributed by atoms with Crippen molar-refractivity contribution in [2.75, 3.05) is 6.61 Å². The van der Waals surface area contributed by atoms with Gasteiger partial charge in [-0.1, -0.05) is 30.3 Å². The van der Waals surface area contributed by atoms with Gasteiger partial charge in [0.25, 0.3) is 5.56 Å². The molecule has 0 spiro atoms. The van der Waals surface area contributed by atoms with Gasteiger partial charge in [-0.2, -0.15) is 4.39 Å². The van der Waals surface area contributed by atoms with Crippen molar-refractivity contribution in [2.45, 2.75) is 25.2 Å². The van der Waals surface area contributed by atoms with Crippen molar-refractivity contribution in [1.82, 2.24) is 9.13 Å². The molecule has 0 aliphatic heterocycles. The molecule has 1 aliphatic rings. The number of aliphatic hydroxyl groups excluding tert-OH is 1. The van der Waals surface area contributed by atoms with Crippen molar-refractivity contribution in [2.24, 2.45) is 5.92 Å². The smallest absolute Gasteiger partial charge is 0.331 e. The number of halogens is 2. The summed E-state index contributed by atoms with van der Waals surface area (Å²) in [6, 6.07) is 7.85. The Bertz CT molecular complexity index is 816. The van der Waals surface area contributed by atoms with Crippen LogP contribution in [0.15, 0.2) is 46.1 Å². The van der Waals surface area contributed by atoms with Gasteiger partial charge in [-0.3, -0.25) is 13.9 Å². The van der Waals surface area contributed by atoms with Gasteiger partial charge in [0, 0.05) is 12.5 Å². The summed E-state index contributed by atoms with van der Waals surface area (Å²) in [4.78, 5) is 24.4. The number of hydrogen-bond acceptors (Lipinski definition) is 3. The van der Waals surface area contributed by atoms with Crippen LogP contribution in [0.25, 0.3) is 0 Å². The van der Waals surface area contributed by atoms with Crippen LogP contribution in [-0.4, -0.2) is 27.0 Å².